The Labute approximate surface area is 73.7 Å². The summed E-state index contributed by atoms with van der Waals surface area (Å²) in [5.74, 6) is 0.316. The van der Waals surface area contributed by atoms with Crippen LogP contribution in [0.25, 0.3) is 0 Å². The van der Waals surface area contributed by atoms with Crippen molar-refractivity contribution in [3.05, 3.63) is 0 Å². The van der Waals surface area contributed by atoms with Gasteiger partial charge >= 0.3 is 0 Å². The van der Waals surface area contributed by atoms with Crippen LogP contribution in [0, 0.1) is 5.92 Å². The zero-order valence-corrected chi connectivity index (χ0v) is 7.84. The lowest BCUT2D eigenvalue weighted by atomic mass is 9.87. The summed E-state index contributed by atoms with van der Waals surface area (Å²) in [5.41, 5.74) is 5.60. The third-order valence-electron chi connectivity index (χ3n) is 2.58. The molecule has 12 heavy (non-hydrogen) atoms. The Bertz CT molecular complexity index is 164. The fraction of sp³-hybridized carbons (Fsp3) is 0.889. The van der Waals surface area contributed by atoms with Crippen molar-refractivity contribution >= 4 is 5.91 Å². The van der Waals surface area contributed by atoms with E-state index < -0.39 is 0 Å². The molecule has 3 nitrogen and oxygen atoms in total. The van der Waals surface area contributed by atoms with Gasteiger partial charge < -0.3 is 11.1 Å². The summed E-state index contributed by atoms with van der Waals surface area (Å²) < 4.78 is 0. The molecule has 0 saturated heterocycles. The van der Waals surface area contributed by atoms with Gasteiger partial charge in [-0.1, -0.05) is 13.8 Å². The first-order chi connectivity index (χ1) is 5.63. The highest BCUT2D eigenvalue weighted by Gasteiger charge is 2.27. The molecule has 1 saturated carbocycles. The zero-order valence-electron chi connectivity index (χ0n) is 7.84. The Morgan fingerprint density at radius 3 is 2.67 bits per heavy atom. The van der Waals surface area contributed by atoms with Crippen LogP contribution in [0.15, 0.2) is 0 Å². The lowest BCUT2D eigenvalue weighted by Crippen LogP contribution is -2.51. The van der Waals surface area contributed by atoms with E-state index in [2.05, 4.69) is 5.32 Å². The molecule has 0 heterocycles. The maximum absolute atomic E-state index is 11.3. The van der Waals surface area contributed by atoms with Crippen LogP contribution >= 0.6 is 0 Å². The highest BCUT2D eigenvalue weighted by atomic mass is 16.1. The van der Waals surface area contributed by atoms with Crippen LogP contribution in [-0.4, -0.2) is 18.0 Å². The predicted octanol–water partition coefficient (Wildman–Crippen LogP) is 0.638. The molecule has 1 rings (SSSR count). The van der Waals surface area contributed by atoms with Crippen LogP contribution in [0.4, 0.5) is 0 Å². The van der Waals surface area contributed by atoms with Gasteiger partial charge in [-0.25, -0.2) is 0 Å². The molecule has 1 aliphatic rings. The average molecular weight is 170 g/mol. The van der Waals surface area contributed by atoms with Gasteiger partial charge in [0, 0.05) is 18.0 Å². The van der Waals surface area contributed by atoms with Crippen molar-refractivity contribution in [3.63, 3.8) is 0 Å². The SMILES string of the molecule is CCC(C)C(=O)NC1CC(N)C1. The maximum atomic E-state index is 11.3. The van der Waals surface area contributed by atoms with Crippen LogP contribution in [-0.2, 0) is 4.79 Å². The van der Waals surface area contributed by atoms with Crippen molar-refractivity contribution in [1.82, 2.24) is 5.32 Å². The molecule has 0 aromatic rings. The Balaban J connectivity index is 2.18. The van der Waals surface area contributed by atoms with Crippen LogP contribution < -0.4 is 11.1 Å². The average Bonchev–Trinajstić information content (AvgIpc) is 2.00. The molecule has 1 amide bonds. The standard InChI is InChI=1S/C9H18N2O/c1-3-6(2)9(12)11-8-4-7(10)5-8/h6-8H,3-5,10H2,1-2H3,(H,11,12). The summed E-state index contributed by atoms with van der Waals surface area (Å²) in [6.45, 7) is 3.98. The van der Waals surface area contributed by atoms with Crippen molar-refractivity contribution in [2.45, 2.75) is 45.2 Å². The van der Waals surface area contributed by atoms with Gasteiger partial charge in [0.1, 0.15) is 0 Å². The number of hydrogen-bond donors (Lipinski definition) is 2. The van der Waals surface area contributed by atoms with Gasteiger partial charge in [0.2, 0.25) is 5.91 Å². The van der Waals surface area contributed by atoms with Gasteiger partial charge in [-0.05, 0) is 19.3 Å². The van der Waals surface area contributed by atoms with Gasteiger partial charge in [-0.2, -0.15) is 0 Å². The van der Waals surface area contributed by atoms with Gasteiger partial charge in [0.05, 0.1) is 0 Å². The van der Waals surface area contributed by atoms with Crippen molar-refractivity contribution in [2.75, 3.05) is 0 Å². The van der Waals surface area contributed by atoms with Crippen LogP contribution in [0.3, 0.4) is 0 Å². The minimum atomic E-state index is 0.141. The number of amides is 1. The highest BCUT2D eigenvalue weighted by Crippen LogP contribution is 2.17. The highest BCUT2D eigenvalue weighted by molar-refractivity contribution is 5.78. The van der Waals surface area contributed by atoms with E-state index in [0.29, 0.717) is 12.1 Å². The van der Waals surface area contributed by atoms with E-state index in [4.69, 9.17) is 5.73 Å². The Hall–Kier alpha value is -0.570. The van der Waals surface area contributed by atoms with Crippen LogP contribution in [0.5, 0.6) is 0 Å². The number of rotatable bonds is 3. The summed E-state index contributed by atoms with van der Waals surface area (Å²) in [5, 5.41) is 2.98. The molecule has 3 heteroatoms. The molecule has 70 valence electrons. The summed E-state index contributed by atoms with van der Waals surface area (Å²) in [6.07, 6.45) is 2.80. The monoisotopic (exact) mass is 170 g/mol. The lowest BCUT2D eigenvalue weighted by Gasteiger charge is -2.33. The number of nitrogens with one attached hydrogen (secondary N) is 1. The van der Waals surface area contributed by atoms with E-state index in [9.17, 15) is 4.79 Å². The predicted molar refractivity (Wildman–Crippen MR) is 48.6 cm³/mol. The lowest BCUT2D eigenvalue weighted by molar-refractivity contribution is -0.125. The topological polar surface area (TPSA) is 55.1 Å². The van der Waals surface area contributed by atoms with E-state index in [-0.39, 0.29) is 11.8 Å². The maximum Gasteiger partial charge on any atom is 0.223 e. The molecule has 0 spiro atoms. The number of carbonyl (C=O) groups is 1. The first-order valence-electron chi connectivity index (χ1n) is 4.69. The van der Waals surface area contributed by atoms with Crippen molar-refractivity contribution in [1.29, 1.82) is 0 Å². The molecule has 0 aromatic heterocycles. The second kappa shape index (κ2) is 3.90. The fourth-order valence-corrected chi connectivity index (χ4v) is 1.31. The summed E-state index contributed by atoms with van der Waals surface area (Å²) in [6, 6.07) is 0.661. The Morgan fingerprint density at radius 2 is 2.25 bits per heavy atom. The molecule has 3 N–H and O–H groups in total. The number of nitrogens with two attached hydrogens (primary N) is 1. The second-order valence-corrected chi connectivity index (χ2v) is 3.75. The minimum absolute atomic E-state index is 0.141. The van der Waals surface area contributed by atoms with Gasteiger partial charge in [0.15, 0.2) is 0 Å². The van der Waals surface area contributed by atoms with E-state index in [1.807, 2.05) is 13.8 Å². The van der Waals surface area contributed by atoms with Crippen molar-refractivity contribution < 1.29 is 4.79 Å². The molecule has 0 bridgehead atoms. The van der Waals surface area contributed by atoms with Crippen LogP contribution in [0.1, 0.15) is 33.1 Å². The van der Waals surface area contributed by atoms with E-state index in [0.717, 1.165) is 19.3 Å². The third kappa shape index (κ3) is 2.21. The molecular weight excluding hydrogens is 152 g/mol. The third-order valence-corrected chi connectivity index (χ3v) is 2.58. The van der Waals surface area contributed by atoms with Gasteiger partial charge in [0.25, 0.3) is 0 Å². The fourth-order valence-electron chi connectivity index (χ4n) is 1.31. The van der Waals surface area contributed by atoms with Crippen molar-refractivity contribution in [3.8, 4) is 0 Å². The molecule has 1 atom stereocenters. The second-order valence-electron chi connectivity index (χ2n) is 3.75. The van der Waals surface area contributed by atoms with Crippen molar-refractivity contribution in [2.24, 2.45) is 11.7 Å². The molecule has 0 aromatic carbocycles. The van der Waals surface area contributed by atoms with Gasteiger partial charge in [-0.15, -0.1) is 0 Å². The Morgan fingerprint density at radius 1 is 1.67 bits per heavy atom. The molecule has 0 aliphatic heterocycles. The Kier molecular flexibility index (Phi) is 3.09. The summed E-state index contributed by atoms with van der Waals surface area (Å²) in [7, 11) is 0. The summed E-state index contributed by atoms with van der Waals surface area (Å²) >= 11 is 0. The molecule has 1 aliphatic carbocycles. The number of hydrogen-bond acceptors (Lipinski definition) is 2. The molecule has 1 fully saturated rings. The normalized spacial score (nSPS) is 30.6. The van der Waals surface area contributed by atoms with Gasteiger partial charge in [-0.3, -0.25) is 4.79 Å². The minimum Gasteiger partial charge on any atom is -0.353 e. The van der Waals surface area contributed by atoms with E-state index >= 15 is 0 Å². The molecule has 1 unspecified atom stereocenters. The molecule has 0 radical (unpaired) electrons. The largest absolute Gasteiger partial charge is 0.353 e. The smallest absolute Gasteiger partial charge is 0.223 e. The van der Waals surface area contributed by atoms with Crippen LogP contribution in [0.2, 0.25) is 0 Å². The molecular formula is C9H18N2O. The first-order valence-corrected chi connectivity index (χ1v) is 4.69. The van der Waals surface area contributed by atoms with E-state index in [1.165, 1.54) is 0 Å². The number of carbonyl (C=O) groups excluding carboxylic acids is 1. The van der Waals surface area contributed by atoms with E-state index in [1.54, 1.807) is 0 Å². The summed E-state index contributed by atoms with van der Waals surface area (Å²) in [4.78, 5) is 11.3. The first kappa shape index (κ1) is 9.52. The quantitative estimate of drug-likeness (QED) is 0.653. The zero-order chi connectivity index (χ0) is 9.14.